The molecule has 2 unspecified atom stereocenters. The molecule has 1 aliphatic rings. The fourth-order valence-electron chi connectivity index (χ4n) is 3.11. The Labute approximate surface area is 137 Å². The highest BCUT2D eigenvalue weighted by Gasteiger charge is 2.26. The van der Waals surface area contributed by atoms with E-state index in [0.29, 0.717) is 13.0 Å². The van der Waals surface area contributed by atoms with E-state index in [4.69, 9.17) is 5.26 Å². The van der Waals surface area contributed by atoms with Gasteiger partial charge < -0.3 is 10.6 Å². The van der Waals surface area contributed by atoms with E-state index in [-0.39, 0.29) is 24.0 Å². The average molecular weight is 315 g/mol. The first-order valence-corrected chi connectivity index (χ1v) is 8.08. The summed E-state index contributed by atoms with van der Waals surface area (Å²) in [6, 6.07) is 2.19. The number of amides is 2. The van der Waals surface area contributed by atoms with Crippen molar-refractivity contribution in [2.75, 3.05) is 0 Å². The Morgan fingerprint density at radius 2 is 2.22 bits per heavy atom. The van der Waals surface area contributed by atoms with Crippen molar-refractivity contribution >= 4 is 6.03 Å². The Hall–Kier alpha value is -2.29. The quantitative estimate of drug-likeness (QED) is 0.819. The third-order valence-electron chi connectivity index (χ3n) is 4.06. The lowest BCUT2D eigenvalue weighted by Gasteiger charge is -2.16. The van der Waals surface area contributed by atoms with Gasteiger partial charge in [0.1, 0.15) is 0 Å². The number of allylic oxidation sites excluding steroid dienone is 1. The topological polar surface area (TPSA) is 82.7 Å². The van der Waals surface area contributed by atoms with Crippen LogP contribution in [-0.2, 0) is 6.54 Å². The summed E-state index contributed by atoms with van der Waals surface area (Å²) in [7, 11) is 0. The zero-order valence-electron chi connectivity index (χ0n) is 14.3. The molecular weight excluding hydrogens is 290 g/mol. The van der Waals surface area contributed by atoms with Crippen molar-refractivity contribution in [1.82, 2.24) is 20.4 Å². The maximum absolute atomic E-state index is 11.8. The second-order valence-electron chi connectivity index (χ2n) is 6.32. The molecule has 2 N–H and O–H groups in total. The molecule has 0 radical (unpaired) electrons. The maximum Gasteiger partial charge on any atom is 0.315 e. The molecule has 1 aromatic heterocycles. The number of nitrogens with zero attached hydrogens (tertiary/aromatic N) is 3. The zero-order chi connectivity index (χ0) is 17.0. The summed E-state index contributed by atoms with van der Waals surface area (Å²) in [4.78, 5) is 11.8. The first-order valence-electron chi connectivity index (χ1n) is 8.08. The SMILES string of the molecule is Cc1nn(CCC#N)c(C)c1C1C=CC(NC(=O)NC(C)C)C1. The first-order chi connectivity index (χ1) is 10.9. The van der Waals surface area contributed by atoms with Crippen molar-refractivity contribution in [1.29, 1.82) is 5.26 Å². The molecule has 0 aliphatic heterocycles. The van der Waals surface area contributed by atoms with Gasteiger partial charge in [-0.3, -0.25) is 4.68 Å². The molecule has 0 bridgehead atoms. The van der Waals surface area contributed by atoms with Crippen LogP contribution in [-0.4, -0.2) is 27.9 Å². The van der Waals surface area contributed by atoms with E-state index < -0.39 is 0 Å². The minimum Gasteiger partial charge on any atom is -0.336 e. The van der Waals surface area contributed by atoms with E-state index in [2.05, 4.69) is 34.0 Å². The smallest absolute Gasteiger partial charge is 0.315 e. The largest absolute Gasteiger partial charge is 0.336 e. The van der Waals surface area contributed by atoms with Crippen molar-refractivity contribution in [2.45, 2.75) is 65.1 Å². The van der Waals surface area contributed by atoms with Crippen molar-refractivity contribution in [3.63, 3.8) is 0 Å². The van der Waals surface area contributed by atoms with Gasteiger partial charge in [0.2, 0.25) is 0 Å². The van der Waals surface area contributed by atoms with Gasteiger partial charge in [0, 0.05) is 29.3 Å². The highest BCUT2D eigenvalue weighted by Crippen LogP contribution is 2.33. The van der Waals surface area contributed by atoms with Crippen LogP contribution in [0.1, 0.15) is 49.6 Å². The van der Waals surface area contributed by atoms with E-state index in [1.807, 2.05) is 32.4 Å². The number of nitriles is 1. The highest BCUT2D eigenvalue weighted by atomic mass is 16.2. The number of carbonyl (C=O) groups excluding carboxylic acids is 1. The molecule has 0 saturated carbocycles. The maximum atomic E-state index is 11.8. The second-order valence-corrected chi connectivity index (χ2v) is 6.32. The fraction of sp³-hybridized carbons (Fsp3) is 0.588. The Balaban J connectivity index is 2.02. The summed E-state index contributed by atoms with van der Waals surface area (Å²) in [5.74, 6) is 0.259. The van der Waals surface area contributed by atoms with Gasteiger partial charge in [-0.1, -0.05) is 12.2 Å². The summed E-state index contributed by atoms with van der Waals surface area (Å²) < 4.78 is 1.91. The predicted octanol–water partition coefficient (Wildman–Crippen LogP) is 2.53. The Bertz CT molecular complexity index is 638. The highest BCUT2D eigenvalue weighted by molar-refractivity contribution is 5.74. The molecule has 2 atom stereocenters. The molecule has 0 fully saturated rings. The van der Waals surface area contributed by atoms with Crippen LogP contribution in [0.25, 0.3) is 0 Å². The summed E-state index contributed by atoms with van der Waals surface area (Å²) in [5, 5.41) is 19.1. The van der Waals surface area contributed by atoms with Crippen LogP contribution in [0.4, 0.5) is 4.79 Å². The average Bonchev–Trinajstić information content (AvgIpc) is 3.00. The molecule has 0 spiro atoms. The van der Waals surface area contributed by atoms with Gasteiger partial charge >= 0.3 is 6.03 Å². The molecule has 0 aromatic carbocycles. The number of hydrogen-bond donors (Lipinski definition) is 2. The Morgan fingerprint density at radius 3 is 2.87 bits per heavy atom. The summed E-state index contributed by atoms with van der Waals surface area (Å²) in [6.07, 6.45) is 5.50. The standard InChI is InChI=1S/C17H25N5O/c1-11(2)19-17(23)20-15-7-6-14(10-15)16-12(3)21-22(13(16)4)9-5-8-18/h6-7,11,14-15H,5,9-10H2,1-4H3,(H2,19,20,23). The van der Waals surface area contributed by atoms with Crippen LogP contribution in [0.5, 0.6) is 0 Å². The lowest BCUT2D eigenvalue weighted by atomic mass is 9.96. The van der Waals surface area contributed by atoms with E-state index in [1.165, 1.54) is 5.56 Å². The van der Waals surface area contributed by atoms with Crippen LogP contribution in [0.15, 0.2) is 12.2 Å². The predicted molar refractivity (Wildman–Crippen MR) is 89.0 cm³/mol. The summed E-state index contributed by atoms with van der Waals surface area (Å²) >= 11 is 0. The van der Waals surface area contributed by atoms with E-state index >= 15 is 0 Å². The molecule has 2 rings (SSSR count). The fourth-order valence-corrected chi connectivity index (χ4v) is 3.11. The molecular formula is C17H25N5O. The number of urea groups is 1. The van der Waals surface area contributed by atoms with Crippen LogP contribution in [0.2, 0.25) is 0 Å². The van der Waals surface area contributed by atoms with Crippen molar-refractivity contribution in [2.24, 2.45) is 0 Å². The molecule has 1 aromatic rings. The lowest BCUT2D eigenvalue weighted by Crippen LogP contribution is -2.43. The summed E-state index contributed by atoms with van der Waals surface area (Å²) in [6.45, 7) is 8.56. The third kappa shape index (κ3) is 4.13. The number of aryl methyl sites for hydroxylation is 2. The number of hydrogen-bond acceptors (Lipinski definition) is 3. The second kappa shape index (κ2) is 7.32. The van der Waals surface area contributed by atoms with Crippen LogP contribution in [0.3, 0.4) is 0 Å². The van der Waals surface area contributed by atoms with Crippen LogP contribution >= 0.6 is 0 Å². The molecule has 0 saturated heterocycles. The number of rotatable bonds is 5. The van der Waals surface area contributed by atoms with Crippen LogP contribution < -0.4 is 10.6 Å². The molecule has 23 heavy (non-hydrogen) atoms. The van der Waals surface area contributed by atoms with Gasteiger partial charge in [-0.15, -0.1) is 0 Å². The summed E-state index contributed by atoms with van der Waals surface area (Å²) in [5.41, 5.74) is 3.33. The van der Waals surface area contributed by atoms with Crippen molar-refractivity contribution in [3.8, 4) is 6.07 Å². The molecule has 2 amide bonds. The zero-order valence-corrected chi connectivity index (χ0v) is 14.3. The molecule has 6 nitrogen and oxygen atoms in total. The minimum atomic E-state index is -0.131. The number of carbonyl (C=O) groups is 1. The van der Waals surface area contributed by atoms with Gasteiger partial charge in [0.05, 0.1) is 24.7 Å². The van der Waals surface area contributed by atoms with Gasteiger partial charge in [0.25, 0.3) is 0 Å². The van der Waals surface area contributed by atoms with E-state index in [0.717, 1.165) is 17.8 Å². The van der Waals surface area contributed by atoms with Gasteiger partial charge in [-0.25, -0.2) is 4.79 Å². The minimum absolute atomic E-state index is 0.0417. The lowest BCUT2D eigenvalue weighted by molar-refractivity contribution is 0.236. The van der Waals surface area contributed by atoms with E-state index in [1.54, 1.807) is 0 Å². The first kappa shape index (κ1) is 17.1. The molecule has 6 heteroatoms. The van der Waals surface area contributed by atoms with Gasteiger partial charge in [-0.05, 0) is 34.1 Å². The van der Waals surface area contributed by atoms with Crippen molar-refractivity contribution in [3.05, 3.63) is 29.1 Å². The Kier molecular flexibility index (Phi) is 5.43. The normalized spacial score (nSPS) is 19.8. The molecule has 124 valence electrons. The Morgan fingerprint density at radius 1 is 1.48 bits per heavy atom. The monoisotopic (exact) mass is 315 g/mol. The van der Waals surface area contributed by atoms with Crippen LogP contribution in [0, 0.1) is 25.2 Å². The number of aromatic nitrogens is 2. The van der Waals surface area contributed by atoms with Gasteiger partial charge in [-0.2, -0.15) is 10.4 Å². The molecule has 1 aliphatic carbocycles. The van der Waals surface area contributed by atoms with Gasteiger partial charge in [0.15, 0.2) is 0 Å². The van der Waals surface area contributed by atoms with Crippen molar-refractivity contribution < 1.29 is 4.79 Å². The number of nitrogens with one attached hydrogen (secondary N) is 2. The molecule has 1 heterocycles. The van der Waals surface area contributed by atoms with E-state index in [9.17, 15) is 4.79 Å². The third-order valence-corrected chi connectivity index (χ3v) is 4.06.